The maximum absolute atomic E-state index is 10.3. The first kappa shape index (κ1) is 14.0. The van der Waals surface area contributed by atoms with Crippen LogP contribution in [0.2, 0.25) is 0 Å². The van der Waals surface area contributed by atoms with Crippen LogP contribution >= 0.6 is 0 Å². The lowest BCUT2D eigenvalue weighted by Gasteiger charge is -2.45. The zero-order chi connectivity index (χ0) is 13.4. The van der Waals surface area contributed by atoms with E-state index in [1.807, 2.05) is 32.0 Å². The number of aliphatic hydroxyl groups is 2. The van der Waals surface area contributed by atoms with Crippen LogP contribution in [0.1, 0.15) is 38.8 Å². The second-order valence-electron chi connectivity index (χ2n) is 5.56. The van der Waals surface area contributed by atoms with Crippen LogP contribution in [0.25, 0.3) is 0 Å². The molecule has 0 saturated carbocycles. The fourth-order valence-corrected chi connectivity index (χ4v) is 2.38. The number of anilines is 1. The number of rotatable bonds is 3. The van der Waals surface area contributed by atoms with Crippen molar-refractivity contribution >= 4 is 5.69 Å². The molecule has 1 aromatic carbocycles. The Morgan fingerprint density at radius 2 is 1.24 bits per heavy atom. The van der Waals surface area contributed by atoms with Gasteiger partial charge in [-0.25, -0.2) is 0 Å². The molecule has 0 unspecified atom stereocenters. The predicted octanol–water partition coefficient (Wildman–Crippen LogP) is 2.57. The van der Waals surface area contributed by atoms with Crippen molar-refractivity contribution < 1.29 is 10.2 Å². The summed E-state index contributed by atoms with van der Waals surface area (Å²) in [5, 5.41) is 20.6. The number of hydrogen-bond donors (Lipinski definition) is 2. The Morgan fingerprint density at radius 1 is 0.882 bits per heavy atom. The summed E-state index contributed by atoms with van der Waals surface area (Å²) in [5.74, 6) is 0. The molecule has 0 atom stereocenters. The monoisotopic (exact) mass is 237 g/mol. The Bertz CT molecular complexity index is 365. The fraction of sp³-hybridized carbons (Fsp3) is 0.571. The fourth-order valence-electron chi connectivity index (χ4n) is 2.38. The molecular formula is C14H23NO2. The predicted molar refractivity (Wildman–Crippen MR) is 71.0 cm³/mol. The van der Waals surface area contributed by atoms with Crippen LogP contribution in [0.15, 0.2) is 18.2 Å². The van der Waals surface area contributed by atoms with Crippen molar-refractivity contribution in [3.05, 3.63) is 29.3 Å². The average Bonchev–Trinajstić information content (AvgIpc) is 2.06. The van der Waals surface area contributed by atoms with Crippen LogP contribution in [0.5, 0.6) is 0 Å². The minimum Gasteiger partial charge on any atom is -0.371 e. The molecule has 0 aliphatic heterocycles. The molecule has 3 nitrogen and oxygen atoms in total. The van der Waals surface area contributed by atoms with Crippen LogP contribution in [-0.2, 0) is 0 Å². The molecule has 96 valence electrons. The molecule has 0 aromatic heterocycles. The quantitative estimate of drug-likeness (QED) is 0.794. The third-order valence-corrected chi connectivity index (χ3v) is 2.76. The van der Waals surface area contributed by atoms with Gasteiger partial charge in [-0.3, -0.25) is 0 Å². The Balaban J connectivity index is 3.44. The van der Waals surface area contributed by atoms with Gasteiger partial charge in [0.2, 0.25) is 0 Å². The maximum atomic E-state index is 10.3. The summed E-state index contributed by atoms with van der Waals surface area (Å²) in [6.07, 6.45) is 0. The Labute approximate surface area is 104 Å². The van der Waals surface area contributed by atoms with E-state index in [2.05, 4.69) is 0 Å². The van der Waals surface area contributed by atoms with Crippen LogP contribution in [0.3, 0.4) is 0 Å². The lowest BCUT2D eigenvalue weighted by molar-refractivity contribution is -0.0204. The first-order valence-electron chi connectivity index (χ1n) is 5.86. The summed E-state index contributed by atoms with van der Waals surface area (Å²) in [7, 11) is 0. The largest absolute Gasteiger partial charge is 0.371 e. The highest BCUT2D eigenvalue weighted by molar-refractivity contribution is 5.61. The molecule has 0 radical (unpaired) electrons. The van der Waals surface area contributed by atoms with Crippen molar-refractivity contribution in [1.82, 2.24) is 0 Å². The van der Waals surface area contributed by atoms with Gasteiger partial charge in [-0.15, -0.1) is 0 Å². The number of aryl methyl sites for hydroxylation is 2. The molecule has 0 aliphatic carbocycles. The minimum absolute atomic E-state index is 0.882. The maximum Gasteiger partial charge on any atom is 0.134 e. The highest BCUT2D eigenvalue weighted by Crippen LogP contribution is 2.34. The second kappa shape index (κ2) is 4.31. The minimum atomic E-state index is -1.13. The molecule has 0 aliphatic rings. The number of nitrogens with zero attached hydrogens (tertiary/aromatic N) is 1. The normalized spacial score (nSPS) is 12.7. The Kier molecular flexibility index (Phi) is 3.55. The van der Waals surface area contributed by atoms with Crippen molar-refractivity contribution in [2.75, 3.05) is 4.90 Å². The summed E-state index contributed by atoms with van der Waals surface area (Å²) in [4.78, 5) is 1.64. The van der Waals surface area contributed by atoms with Gasteiger partial charge in [0.05, 0.1) is 0 Å². The Hall–Kier alpha value is -1.06. The molecule has 17 heavy (non-hydrogen) atoms. The second-order valence-corrected chi connectivity index (χ2v) is 5.56. The molecular weight excluding hydrogens is 214 g/mol. The van der Waals surface area contributed by atoms with E-state index < -0.39 is 11.4 Å². The van der Waals surface area contributed by atoms with Gasteiger partial charge in [-0.05, 0) is 52.7 Å². The van der Waals surface area contributed by atoms with E-state index in [0.29, 0.717) is 0 Å². The molecule has 1 rings (SSSR count). The first-order chi connectivity index (χ1) is 7.55. The van der Waals surface area contributed by atoms with E-state index in [9.17, 15) is 10.2 Å². The van der Waals surface area contributed by atoms with Gasteiger partial charge in [0.1, 0.15) is 11.4 Å². The zero-order valence-corrected chi connectivity index (χ0v) is 11.6. The molecule has 0 heterocycles. The number of hydrogen-bond acceptors (Lipinski definition) is 3. The average molecular weight is 237 g/mol. The van der Waals surface area contributed by atoms with E-state index in [-0.39, 0.29) is 0 Å². The molecule has 0 saturated heterocycles. The van der Waals surface area contributed by atoms with Crippen molar-refractivity contribution in [2.45, 2.75) is 53.0 Å². The van der Waals surface area contributed by atoms with Crippen LogP contribution in [-0.4, -0.2) is 21.7 Å². The molecule has 0 spiro atoms. The van der Waals surface area contributed by atoms with Crippen molar-refractivity contribution in [2.24, 2.45) is 0 Å². The van der Waals surface area contributed by atoms with E-state index in [1.165, 1.54) is 0 Å². The van der Waals surface area contributed by atoms with Gasteiger partial charge < -0.3 is 15.1 Å². The van der Waals surface area contributed by atoms with Crippen LogP contribution in [0.4, 0.5) is 5.69 Å². The lowest BCUT2D eigenvalue weighted by Crippen LogP contribution is -2.56. The molecule has 2 N–H and O–H groups in total. The van der Waals surface area contributed by atoms with E-state index in [0.717, 1.165) is 16.8 Å². The third kappa shape index (κ3) is 2.99. The smallest absolute Gasteiger partial charge is 0.134 e. The molecule has 0 amide bonds. The van der Waals surface area contributed by atoms with Gasteiger partial charge in [0.25, 0.3) is 0 Å². The molecule has 0 bridgehead atoms. The zero-order valence-electron chi connectivity index (χ0n) is 11.6. The van der Waals surface area contributed by atoms with Gasteiger partial charge in [0, 0.05) is 5.69 Å². The molecule has 0 fully saturated rings. The van der Waals surface area contributed by atoms with Crippen LogP contribution in [0, 0.1) is 13.8 Å². The highest BCUT2D eigenvalue weighted by Gasteiger charge is 2.36. The van der Waals surface area contributed by atoms with Gasteiger partial charge in [0.15, 0.2) is 0 Å². The van der Waals surface area contributed by atoms with Crippen molar-refractivity contribution in [3.8, 4) is 0 Å². The van der Waals surface area contributed by atoms with Crippen molar-refractivity contribution in [1.29, 1.82) is 0 Å². The first-order valence-corrected chi connectivity index (χ1v) is 5.86. The Morgan fingerprint density at radius 3 is 1.53 bits per heavy atom. The topological polar surface area (TPSA) is 43.7 Å². The summed E-state index contributed by atoms with van der Waals surface area (Å²) in [5.41, 5.74) is 0.695. The SMILES string of the molecule is Cc1cccc(C)c1N(C(C)(C)O)C(C)(C)O. The number of para-hydroxylation sites is 1. The standard InChI is InChI=1S/C14H23NO2/c1-10-8-7-9-11(2)12(10)15(13(3,4)16)14(5,6)17/h7-9,16-17H,1-6H3. The van der Waals surface area contributed by atoms with E-state index >= 15 is 0 Å². The number of benzene rings is 1. The van der Waals surface area contributed by atoms with E-state index in [4.69, 9.17) is 0 Å². The molecule has 1 aromatic rings. The molecule has 3 heteroatoms. The van der Waals surface area contributed by atoms with Gasteiger partial charge >= 0.3 is 0 Å². The van der Waals surface area contributed by atoms with Gasteiger partial charge in [-0.2, -0.15) is 0 Å². The highest BCUT2D eigenvalue weighted by atomic mass is 16.3. The summed E-state index contributed by atoms with van der Waals surface area (Å²) < 4.78 is 0. The lowest BCUT2D eigenvalue weighted by atomic mass is 10.0. The summed E-state index contributed by atoms with van der Waals surface area (Å²) >= 11 is 0. The van der Waals surface area contributed by atoms with E-state index in [1.54, 1.807) is 32.6 Å². The summed E-state index contributed by atoms with van der Waals surface area (Å²) in [6, 6.07) is 5.93. The third-order valence-electron chi connectivity index (χ3n) is 2.76. The van der Waals surface area contributed by atoms with Gasteiger partial charge in [-0.1, -0.05) is 18.2 Å². The summed E-state index contributed by atoms with van der Waals surface area (Å²) in [6.45, 7) is 10.7. The van der Waals surface area contributed by atoms with Crippen molar-refractivity contribution in [3.63, 3.8) is 0 Å². The van der Waals surface area contributed by atoms with Crippen LogP contribution < -0.4 is 4.90 Å².